The second kappa shape index (κ2) is 6.15. The summed E-state index contributed by atoms with van der Waals surface area (Å²) in [5.74, 6) is -0.386. The Kier molecular flexibility index (Phi) is 4.79. The van der Waals surface area contributed by atoms with Crippen LogP contribution in [0.15, 0.2) is 18.2 Å². The van der Waals surface area contributed by atoms with Gasteiger partial charge in [0.05, 0.1) is 18.2 Å². The molecule has 0 N–H and O–H groups in total. The van der Waals surface area contributed by atoms with E-state index in [0.717, 1.165) is 12.8 Å². The Morgan fingerprint density at radius 3 is 2.87 bits per heavy atom. The van der Waals surface area contributed by atoms with Gasteiger partial charge in [-0.15, -0.1) is 0 Å². The van der Waals surface area contributed by atoms with Gasteiger partial charge in [-0.25, -0.2) is 4.39 Å². The number of rotatable bonds is 5. The SMILES string of the molecule is CCCCOCc1cc(F)cc(C#N)c1. The number of unbranched alkanes of at least 4 members (excludes halogenated alkanes) is 1. The molecular formula is C12H14FNO. The van der Waals surface area contributed by atoms with Crippen molar-refractivity contribution in [2.24, 2.45) is 0 Å². The lowest BCUT2D eigenvalue weighted by Crippen LogP contribution is -1.96. The van der Waals surface area contributed by atoms with E-state index in [9.17, 15) is 4.39 Å². The van der Waals surface area contributed by atoms with Crippen LogP contribution in [0.25, 0.3) is 0 Å². The van der Waals surface area contributed by atoms with Crippen LogP contribution >= 0.6 is 0 Å². The summed E-state index contributed by atoms with van der Waals surface area (Å²) in [6.07, 6.45) is 2.08. The first kappa shape index (κ1) is 11.7. The van der Waals surface area contributed by atoms with Gasteiger partial charge >= 0.3 is 0 Å². The third-order valence-corrected chi connectivity index (χ3v) is 2.00. The average Bonchev–Trinajstić information content (AvgIpc) is 2.23. The first-order valence-electron chi connectivity index (χ1n) is 5.03. The Morgan fingerprint density at radius 2 is 2.20 bits per heavy atom. The molecule has 0 amide bonds. The van der Waals surface area contributed by atoms with Gasteiger partial charge in [0.15, 0.2) is 0 Å². The monoisotopic (exact) mass is 207 g/mol. The van der Waals surface area contributed by atoms with Gasteiger partial charge in [-0.3, -0.25) is 0 Å². The summed E-state index contributed by atoms with van der Waals surface area (Å²) in [5.41, 5.74) is 1.05. The van der Waals surface area contributed by atoms with Crippen LogP contribution < -0.4 is 0 Å². The first-order chi connectivity index (χ1) is 7.26. The third kappa shape index (κ3) is 4.09. The third-order valence-electron chi connectivity index (χ3n) is 2.00. The molecule has 0 bridgehead atoms. The molecule has 80 valence electrons. The largest absolute Gasteiger partial charge is 0.377 e. The fraction of sp³-hybridized carbons (Fsp3) is 0.417. The van der Waals surface area contributed by atoms with Crippen LogP contribution in [0.1, 0.15) is 30.9 Å². The molecule has 15 heavy (non-hydrogen) atoms. The van der Waals surface area contributed by atoms with Crippen LogP contribution in [-0.4, -0.2) is 6.61 Å². The number of benzene rings is 1. The molecule has 1 rings (SSSR count). The second-order valence-corrected chi connectivity index (χ2v) is 3.37. The van der Waals surface area contributed by atoms with Crippen LogP contribution in [0.2, 0.25) is 0 Å². The van der Waals surface area contributed by atoms with E-state index < -0.39 is 0 Å². The fourth-order valence-corrected chi connectivity index (χ4v) is 1.23. The number of hydrogen-bond donors (Lipinski definition) is 0. The van der Waals surface area contributed by atoms with Crippen LogP contribution in [-0.2, 0) is 11.3 Å². The molecule has 0 aliphatic rings. The van der Waals surface area contributed by atoms with Crippen molar-refractivity contribution >= 4 is 0 Å². The van der Waals surface area contributed by atoms with E-state index in [4.69, 9.17) is 10.00 Å². The summed E-state index contributed by atoms with van der Waals surface area (Å²) in [6.45, 7) is 3.13. The normalized spacial score (nSPS) is 9.93. The van der Waals surface area contributed by atoms with E-state index >= 15 is 0 Å². The van der Waals surface area contributed by atoms with Crippen molar-refractivity contribution < 1.29 is 9.13 Å². The van der Waals surface area contributed by atoms with Gasteiger partial charge < -0.3 is 4.74 Å². The molecular weight excluding hydrogens is 193 g/mol. The van der Waals surface area contributed by atoms with Gasteiger partial charge in [-0.05, 0) is 30.2 Å². The number of nitriles is 1. The van der Waals surface area contributed by atoms with Gasteiger partial charge in [0.1, 0.15) is 5.82 Å². The highest BCUT2D eigenvalue weighted by atomic mass is 19.1. The number of ether oxygens (including phenoxy) is 1. The Morgan fingerprint density at radius 1 is 1.40 bits per heavy atom. The lowest BCUT2D eigenvalue weighted by atomic mass is 10.1. The van der Waals surface area contributed by atoms with Crippen molar-refractivity contribution in [3.63, 3.8) is 0 Å². The smallest absolute Gasteiger partial charge is 0.124 e. The maximum atomic E-state index is 13.0. The van der Waals surface area contributed by atoms with Gasteiger partial charge in [-0.2, -0.15) is 5.26 Å². The molecule has 0 radical (unpaired) electrons. The quantitative estimate of drug-likeness (QED) is 0.695. The van der Waals surface area contributed by atoms with E-state index in [1.807, 2.05) is 6.07 Å². The Balaban J connectivity index is 2.54. The maximum absolute atomic E-state index is 13.0. The van der Waals surface area contributed by atoms with Gasteiger partial charge in [-0.1, -0.05) is 13.3 Å². The van der Waals surface area contributed by atoms with Crippen molar-refractivity contribution in [3.8, 4) is 6.07 Å². The zero-order valence-electron chi connectivity index (χ0n) is 8.79. The van der Waals surface area contributed by atoms with Crippen LogP contribution in [0, 0.1) is 17.1 Å². The van der Waals surface area contributed by atoms with Crippen molar-refractivity contribution in [1.29, 1.82) is 5.26 Å². The molecule has 1 aromatic carbocycles. The summed E-state index contributed by atoms with van der Waals surface area (Å²) in [4.78, 5) is 0. The molecule has 0 atom stereocenters. The highest BCUT2D eigenvalue weighted by molar-refractivity contribution is 5.33. The predicted molar refractivity (Wildman–Crippen MR) is 55.7 cm³/mol. The summed E-state index contributed by atoms with van der Waals surface area (Å²) in [7, 11) is 0. The molecule has 0 aliphatic heterocycles. The standard InChI is InChI=1S/C12H14FNO/c1-2-3-4-15-9-11-5-10(8-14)6-12(13)7-11/h5-7H,2-4,9H2,1H3. The van der Waals surface area contributed by atoms with Gasteiger partial charge in [0.25, 0.3) is 0 Å². The van der Waals surface area contributed by atoms with Gasteiger partial charge in [0, 0.05) is 6.61 Å². The molecule has 0 fully saturated rings. The average molecular weight is 207 g/mol. The Bertz CT molecular complexity index is 357. The van der Waals surface area contributed by atoms with E-state index in [0.29, 0.717) is 24.3 Å². The zero-order chi connectivity index (χ0) is 11.1. The highest BCUT2D eigenvalue weighted by Gasteiger charge is 2.00. The Hall–Kier alpha value is -1.40. The zero-order valence-corrected chi connectivity index (χ0v) is 8.79. The van der Waals surface area contributed by atoms with E-state index in [-0.39, 0.29) is 5.82 Å². The first-order valence-corrected chi connectivity index (χ1v) is 5.03. The minimum Gasteiger partial charge on any atom is -0.377 e. The van der Waals surface area contributed by atoms with E-state index in [1.165, 1.54) is 12.1 Å². The molecule has 0 unspecified atom stereocenters. The molecule has 3 heteroatoms. The molecule has 0 saturated heterocycles. The number of nitrogens with zero attached hydrogens (tertiary/aromatic N) is 1. The summed E-state index contributed by atoms with van der Waals surface area (Å²) >= 11 is 0. The summed E-state index contributed by atoms with van der Waals surface area (Å²) < 4.78 is 18.3. The summed E-state index contributed by atoms with van der Waals surface area (Å²) in [5, 5.41) is 8.64. The van der Waals surface area contributed by atoms with Crippen LogP contribution in [0.3, 0.4) is 0 Å². The van der Waals surface area contributed by atoms with E-state index in [2.05, 4.69) is 6.92 Å². The van der Waals surface area contributed by atoms with Crippen molar-refractivity contribution in [2.45, 2.75) is 26.4 Å². The van der Waals surface area contributed by atoms with Gasteiger partial charge in [0.2, 0.25) is 0 Å². The second-order valence-electron chi connectivity index (χ2n) is 3.37. The van der Waals surface area contributed by atoms with Crippen LogP contribution in [0.4, 0.5) is 4.39 Å². The fourth-order valence-electron chi connectivity index (χ4n) is 1.23. The maximum Gasteiger partial charge on any atom is 0.124 e. The molecule has 0 heterocycles. The minimum atomic E-state index is -0.386. The summed E-state index contributed by atoms with van der Waals surface area (Å²) in [6, 6.07) is 6.18. The lowest BCUT2D eigenvalue weighted by Gasteiger charge is -2.04. The lowest BCUT2D eigenvalue weighted by molar-refractivity contribution is 0.118. The Labute approximate surface area is 89.3 Å². The van der Waals surface area contributed by atoms with Crippen molar-refractivity contribution in [3.05, 3.63) is 35.1 Å². The molecule has 1 aromatic rings. The molecule has 0 saturated carbocycles. The topological polar surface area (TPSA) is 33.0 Å². The highest BCUT2D eigenvalue weighted by Crippen LogP contribution is 2.09. The van der Waals surface area contributed by atoms with Crippen molar-refractivity contribution in [1.82, 2.24) is 0 Å². The predicted octanol–water partition coefficient (Wildman–Crippen LogP) is 3.01. The molecule has 0 spiro atoms. The number of halogens is 1. The molecule has 2 nitrogen and oxygen atoms in total. The van der Waals surface area contributed by atoms with Crippen LogP contribution in [0.5, 0.6) is 0 Å². The molecule has 0 aromatic heterocycles. The minimum absolute atomic E-state index is 0.337. The number of hydrogen-bond acceptors (Lipinski definition) is 2. The molecule has 0 aliphatic carbocycles. The van der Waals surface area contributed by atoms with Crippen molar-refractivity contribution in [2.75, 3.05) is 6.61 Å². The van der Waals surface area contributed by atoms with E-state index in [1.54, 1.807) is 6.07 Å².